The minimum atomic E-state index is -3.23. The highest BCUT2D eigenvalue weighted by Gasteiger charge is 2.46. The Kier molecular flexibility index (Phi) is 4.27. The van der Waals surface area contributed by atoms with Gasteiger partial charge in [0.25, 0.3) is 0 Å². The van der Waals surface area contributed by atoms with Crippen LogP contribution in [0.25, 0.3) is 0 Å². The maximum atomic E-state index is 11.8. The molecular weight excluding hydrogens is 290 g/mol. The Balaban J connectivity index is 2.38. The Bertz CT molecular complexity index is 624. The Morgan fingerprint density at radius 2 is 1.95 bits per heavy atom. The molecule has 1 heterocycles. The average molecular weight is 311 g/mol. The van der Waals surface area contributed by atoms with Crippen LogP contribution in [0, 0.1) is 0 Å². The summed E-state index contributed by atoms with van der Waals surface area (Å²) in [6.07, 6.45) is 4.01. The lowest BCUT2D eigenvalue weighted by molar-refractivity contribution is -0.143. The SMILES string of the molecule is CCCC1(C(=O)O)CCCN1c1ccc(S(C)(=O)=O)cc1. The number of benzene rings is 1. The largest absolute Gasteiger partial charge is 0.479 e. The Morgan fingerprint density at radius 3 is 2.43 bits per heavy atom. The molecule has 1 aromatic carbocycles. The van der Waals surface area contributed by atoms with Gasteiger partial charge in [-0.1, -0.05) is 13.3 Å². The van der Waals surface area contributed by atoms with Crippen molar-refractivity contribution >= 4 is 21.5 Å². The van der Waals surface area contributed by atoms with Crippen molar-refractivity contribution in [2.45, 2.75) is 43.0 Å². The first-order valence-corrected chi connectivity index (χ1v) is 9.01. The highest BCUT2D eigenvalue weighted by molar-refractivity contribution is 7.90. The molecule has 6 heteroatoms. The molecule has 1 atom stereocenters. The number of sulfone groups is 1. The molecule has 0 amide bonds. The van der Waals surface area contributed by atoms with Crippen LogP contribution in [0.2, 0.25) is 0 Å². The molecule has 1 unspecified atom stereocenters. The van der Waals surface area contributed by atoms with Crippen LogP contribution in [0.3, 0.4) is 0 Å². The van der Waals surface area contributed by atoms with Crippen molar-refractivity contribution in [1.29, 1.82) is 0 Å². The van der Waals surface area contributed by atoms with Crippen molar-refractivity contribution in [2.24, 2.45) is 0 Å². The Hall–Kier alpha value is -1.56. The fraction of sp³-hybridized carbons (Fsp3) is 0.533. The smallest absolute Gasteiger partial charge is 0.329 e. The number of carboxylic acid groups (broad SMARTS) is 1. The molecule has 0 aliphatic carbocycles. The fourth-order valence-corrected chi connectivity index (χ4v) is 3.76. The average Bonchev–Trinajstić information content (AvgIpc) is 2.83. The van der Waals surface area contributed by atoms with Crippen molar-refractivity contribution in [1.82, 2.24) is 0 Å². The summed E-state index contributed by atoms with van der Waals surface area (Å²) in [7, 11) is -3.23. The predicted molar refractivity (Wildman–Crippen MR) is 81.4 cm³/mol. The van der Waals surface area contributed by atoms with E-state index in [1.54, 1.807) is 24.3 Å². The third kappa shape index (κ3) is 2.90. The van der Waals surface area contributed by atoms with Crippen molar-refractivity contribution in [3.8, 4) is 0 Å². The molecule has 21 heavy (non-hydrogen) atoms. The van der Waals surface area contributed by atoms with Gasteiger partial charge in [0.15, 0.2) is 9.84 Å². The first kappa shape index (κ1) is 15.8. The number of carboxylic acids is 1. The van der Waals surface area contributed by atoms with Crippen LogP contribution >= 0.6 is 0 Å². The van der Waals surface area contributed by atoms with Gasteiger partial charge in [-0.25, -0.2) is 13.2 Å². The van der Waals surface area contributed by atoms with Crippen LogP contribution in [-0.4, -0.2) is 37.8 Å². The van der Waals surface area contributed by atoms with Crippen LogP contribution in [0.4, 0.5) is 5.69 Å². The second-order valence-electron chi connectivity index (χ2n) is 5.61. The number of anilines is 1. The standard InChI is InChI=1S/C15H21NO4S/c1-3-9-15(14(17)18)10-4-11-16(15)12-5-7-13(8-6-12)21(2,19)20/h5-8H,3-4,9-11H2,1-2H3,(H,17,18). The Labute approximate surface area is 125 Å². The molecule has 1 aliphatic heterocycles. The van der Waals surface area contributed by atoms with E-state index in [0.717, 1.165) is 24.8 Å². The lowest BCUT2D eigenvalue weighted by atomic mass is 9.90. The summed E-state index contributed by atoms with van der Waals surface area (Å²) >= 11 is 0. The number of aliphatic carboxylic acids is 1. The number of nitrogens with zero attached hydrogens (tertiary/aromatic N) is 1. The molecular formula is C15H21NO4S. The van der Waals surface area contributed by atoms with Gasteiger partial charge in [0.05, 0.1) is 4.90 Å². The maximum absolute atomic E-state index is 11.8. The first-order valence-electron chi connectivity index (χ1n) is 7.12. The summed E-state index contributed by atoms with van der Waals surface area (Å²) < 4.78 is 23.0. The van der Waals surface area contributed by atoms with E-state index >= 15 is 0 Å². The number of carbonyl (C=O) groups is 1. The van der Waals surface area contributed by atoms with E-state index in [1.165, 1.54) is 0 Å². The molecule has 0 radical (unpaired) electrons. The molecule has 1 saturated heterocycles. The molecule has 2 rings (SSSR count). The van der Waals surface area contributed by atoms with Gasteiger partial charge >= 0.3 is 5.97 Å². The minimum absolute atomic E-state index is 0.252. The van der Waals surface area contributed by atoms with Crippen LogP contribution in [0.5, 0.6) is 0 Å². The number of hydrogen-bond donors (Lipinski definition) is 1. The van der Waals surface area contributed by atoms with Gasteiger partial charge < -0.3 is 10.0 Å². The minimum Gasteiger partial charge on any atom is -0.479 e. The lowest BCUT2D eigenvalue weighted by Gasteiger charge is -2.36. The summed E-state index contributed by atoms with van der Waals surface area (Å²) in [5.74, 6) is -0.797. The van der Waals surface area contributed by atoms with Crippen molar-refractivity contribution in [3.05, 3.63) is 24.3 Å². The van der Waals surface area contributed by atoms with Gasteiger partial charge in [-0.3, -0.25) is 0 Å². The zero-order valence-corrected chi connectivity index (χ0v) is 13.2. The van der Waals surface area contributed by atoms with E-state index in [0.29, 0.717) is 19.4 Å². The van der Waals surface area contributed by atoms with E-state index < -0.39 is 21.3 Å². The third-order valence-corrected chi connectivity index (χ3v) is 5.26. The van der Waals surface area contributed by atoms with E-state index in [4.69, 9.17) is 0 Å². The van der Waals surface area contributed by atoms with E-state index in [2.05, 4.69) is 0 Å². The second-order valence-corrected chi connectivity index (χ2v) is 7.62. The summed E-state index contributed by atoms with van der Waals surface area (Å²) in [5, 5.41) is 9.67. The molecule has 1 fully saturated rings. The molecule has 0 aromatic heterocycles. The van der Waals surface area contributed by atoms with Gasteiger partial charge in [-0.15, -0.1) is 0 Å². The maximum Gasteiger partial charge on any atom is 0.329 e. The summed E-state index contributed by atoms with van der Waals surface area (Å²) in [6.45, 7) is 2.67. The molecule has 5 nitrogen and oxygen atoms in total. The monoisotopic (exact) mass is 311 g/mol. The predicted octanol–water partition coefficient (Wildman–Crippen LogP) is 2.31. The summed E-state index contributed by atoms with van der Waals surface area (Å²) in [6, 6.07) is 6.49. The molecule has 0 saturated carbocycles. The van der Waals surface area contributed by atoms with Gasteiger partial charge in [-0.2, -0.15) is 0 Å². The van der Waals surface area contributed by atoms with Crippen molar-refractivity contribution < 1.29 is 18.3 Å². The zero-order valence-electron chi connectivity index (χ0n) is 12.4. The molecule has 1 aromatic rings. The van der Waals surface area contributed by atoms with Crippen molar-refractivity contribution in [2.75, 3.05) is 17.7 Å². The summed E-state index contributed by atoms with van der Waals surface area (Å²) in [5.41, 5.74) is -0.0859. The molecule has 116 valence electrons. The highest BCUT2D eigenvalue weighted by atomic mass is 32.2. The fourth-order valence-electron chi connectivity index (χ4n) is 3.13. The number of hydrogen-bond acceptors (Lipinski definition) is 4. The normalized spacial score (nSPS) is 22.5. The van der Waals surface area contributed by atoms with Crippen LogP contribution in [0.15, 0.2) is 29.2 Å². The number of rotatable bonds is 5. The van der Waals surface area contributed by atoms with Gasteiger partial charge in [0, 0.05) is 18.5 Å². The van der Waals surface area contributed by atoms with E-state index in [1.807, 2.05) is 11.8 Å². The molecule has 1 aliphatic rings. The molecule has 0 spiro atoms. The van der Waals surface area contributed by atoms with Crippen LogP contribution in [0.1, 0.15) is 32.6 Å². The van der Waals surface area contributed by atoms with Gasteiger partial charge in [0.2, 0.25) is 0 Å². The second kappa shape index (κ2) is 5.67. The topological polar surface area (TPSA) is 74.7 Å². The van der Waals surface area contributed by atoms with E-state index in [9.17, 15) is 18.3 Å². The van der Waals surface area contributed by atoms with Gasteiger partial charge in [0.1, 0.15) is 5.54 Å². The van der Waals surface area contributed by atoms with Crippen molar-refractivity contribution in [3.63, 3.8) is 0 Å². The molecule has 1 N–H and O–H groups in total. The highest BCUT2D eigenvalue weighted by Crippen LogP contribution is 2.38. The Morgan fingerprint density at radius 1 is 1.33 bits per heavy atom. The first-order chi connectivity index (χ1) is 9.81. The molecule has 0 bridgehead atoms. The van der Waals surface area contributed by atoms with Crippen LogP contribution < -0.4 is 4.90 Å². The summed E-state index contributed by atoms with van der Waals surface area (Å²) in [4.78, 5) is 13.9. The van der Waals surface area contributed by atoms with E-state index in [-0.39, 0.29) is 4.90 Å². The van der Waals surface area contributed by atoms with Gasteiger partial charge in [-0.05, 0) is 43.5 Å². The zero-order chi connectivity index (χ0) is 15.7. The quantitative estimate of drug-likeness (QED) is 0.903. The van der Waals surface area contributed by atoms with Crippen LogP contribution in [-0.2, 0) is 14.6 Å². The lowest BCUT2D eigenvalue weighted by Crippen LogP contribution is -2.50. The third-order valence-electron chi connectivity index (χ3n) is 4.13.